The van der Waals surface area contributed by atoms with Crippen LogP contribution in [0.15, 0.2) is 53.7 Å². The number of hydrogen-bond donors (Lipinski definition) is 0. The minimum Gasteiger partial charge on any atom is -0.256 e. The Labute approximate surface area is 114 Å². The second kappa shape index (κ2) is 4.88. The summed E-state index contributed by atoms with van der Waals surface area (Å²) in [4.78, 5) is 9.76. The molecule has 0 saturated heterocycles. The van der Waals surface area contributed by atoms with Crippen molar-refractivity contribution in [3.63, 3.8) is 0 Å². The van der Waals surface area contributed by atoms with Gasteiger partial charge in [-0.25, -0.2) is 0 Å². The Kier molecular flexibility index (Phi) is 3.09. The van der Waals surface area contributed by atoms with Crippen molar-refractivity contribution < 1.29 is 0 Å². The molecule has 0 atom stereocenters. The van der Waals surface area contributed by atoms with Crippen LogP contribution in [0.1, 0.15) is 4.88 Å². The van der Waals surface area contributed by atoms with Gasteiger partial charge >= 0.3 is 0 Å². The Morgan fingerprint density at radius 3 is 2.94 bits per heavy atom. The summed E-state index contributed by atoms with van der Waals surface area (Å²) < 4.78 is 0.777. The van der Waals surface area contributed by atoms with Gasteiger partial charge in [0.2, 0.25) is 0 Å². The summed E-state index contributed by atoms with van der Waals surface area (Å²) in [5, 5.41) is 1.09. The lowest BCUT2D eigenvalue weighted by molar-refractivity contribution is 1.41. The van der Waals surface area contributed by atoms with E-state index in [-0.39, 0.29) is 0 Å². The lowest BCUT2D eigenvalue weighted by Crippen LogP contribution is -1.77. The minimum atomic E-state index is 0.777. The molecule has 2 heterocycles. The van der Waals surface area contributed by atoms with Crippen molar-refractivity contribution in [2.75, 3.05) is 0 Å². The first kappa shape index (κ1) is 11.4. The van der Waals surface area contributed by atoms with E-state index in [1.54, 1.807) is 6.20 Å². The molecule has 4 heteroatoms. The number of aromatic nitrogens is 1. The fourth-order valence-electron chi connectivity index (χ4n) is 1.68. The molecule has 2 aromatic heterocycles. The Morgan fingerprint density at radius 1 is 1.17 bits per heavy atom. The zero-order valence-corrected chi connectivity index (χ0v) is 10.9. The molecule has 0 unspecified atom stereocenters. The lowest BCUT2D eigenvalue weighted by atomic mass is 10.2. The lowest BCUT2D eigenvalue weighted by Gasteiger charge is -1.97. The van der Waals surface area contributed by atoms with Gasteiger partial charge in [0.15, 0.2) is 0 Å². The van der Waals surface area contributed by atoms with Gasteiger partial charge in [-0.3, -0.25) is 9.98 Å². The number of rotatable bonds is 2. The molecule has 0 bridgehead atoms. The fraction of sp³-hybridized carbons (Fsp3) is 0. The van der Waals surface area contributed by atoms with Crippen LogP contribution in [0.4, 0.5) is 5.69 Å². The Balaban J connectivity index is 1.93. The van der Waals surface area contributed by atoms with Crippen LogP contribution >= 0.6 is 22.9 Å². The predicted octanol–water partition coefficient (Wildman–Crippen LogP) is 4.70. The first-order valence-electron chi connectivity index (χ1n) is 5.45. The maximum atomic E-state index is 5.87. The highest BCUT2D eigenvalue weighted by atomic mass is 35.5. The van der Waals surface area contributed by atoms with Crippen LogP contribution in [0, 0.1) is 0 Å². The molecule has 3 aromatic rings. The Bertz CT molecular complexity index is 718. The van der Waals surface area contributed by atoms with Gasteiger partial charge < -0.3 is 0 Å². The fourth-order valence-corrected chi connectivity index (χ4v) is 2.61. The maximum Gasteiger partial charge on any atom is 0.0935 e. The van der Waals surface area contributed by atoms with E-state index in [1.165, 1.54) is 11.3 Å². The summed E-state index contributed by atoms with van der Waals surface area (Å²) >= 11 is 7.38. The molecule has 0 N–H and O–H groups in total. The van der Waals surface area contributed by atoms with Crippen LogP contribution in [-0.4, -0.2) is 11.2 Å². The summed E-state index contributed by atoms with van der Waals surface area (Å²) in [6, 6.07) is 13.7. The van der Waals surface area contributed by atoms with E-state index in [0.29, 0.717) is 0 Å². The van der Waals surface area contributed by atoms with Gasteiger partial charge in [0.1, 0.15) is 0 Å². The molecule has 0 saturated carbocycles. The number of hydrogen-bond acceptors (Lipinski definition) is 3. The summed E-state index contributed by atoms with van der Waals surface area (Å²) in [7, 11) is 0. The van der Waals surface area contributed by atoms with E-state index in [9.17, 15) is 0 Å². The number of nitrogens with zero attached hydrogens (tertiary/aromatic N) is 2. The van der Waals surface area contributed by atoms with Crippen LogP contribution < -0.4 is 0 Å². The summed E-state index contributed by atoms with van der Waals surface area (Å²) in [6.45, 7) is 0. The first-order valence-corrected chi connectivity index (χ1v) is 6.65. The van der Waals surface area contributed by atoms with Crippen molar-refractivity contribution in [2.24, 2.45) is 4.99 Å². The van der Waals surface area contributed by atoms with Gasteiger partial charge in [-0.15, -0.1) is 11.3 Å². The number of halogens is 1. The molecule has 0 aliphatic rings. The number of thiophene rings is 1. The molecule has 0 amide bonds. The monoisotopic (exact) mass is 272 g/mol. The predicted molar refractivity (Wildman–Crippen MR) is 78.3 cm³/mol. The van der Waals surface area contributed by atoms with Crippen LogP contribution in [0.2, 0.25) is 4.34 Å². The van der Waals surface area contributed by atoms with E-state index >= 15 is 0 Å². The molecule has 3 rings (SSSR count). The number of benzene rings is 1. The second-order valence-corrected chi connectivity index (χ2v) is 5.53. The number of aliphatic imine (C=N–C) groups is 1. The van der Waals surface area contributed by atoms with E-state index in [4.69, 9.17) is 11.6 Å². The van der Waals surface area contributed by atoms with Gasteiger partial charge in [-0.05, 0) is 36.4 Å². The van der Waals surface area contributed by atoms with Gasteiger partial charge in [-0.2, -0.15) is 0 Å². The quantitative estimate of drug-likeness (QED) is 0.621. The average Bonchev–Trinajstić information content (AvgIpc) is 2.82. The maximum absolute atomic E-state index is 5.87. The molecular formula is C14H9ClN2S. The first-order chi connectivity index (χ1) is 8.81. The third kappa shape index (κ3) is 2.42. The van der Waals surface area contributed by atoms with E-state index in [2.05, 4.69) is 9.98 Å². The standard InChI is InChI=1S/C14H9ClN2S/c15-14-6-4-12(18-14)9-17-11-3-5-13-10(8-11)2-1-7-16-13/h1-9H. The smallest absolute Gasteiger partial charge is 0.0935 e. The Hall–Kier alpha value is -1.71. The molecule has 1 aromatic carbocycles. The zero-order chi connectivity index (χ0) is 12.4. The van der Waals surface area contributed by atoms with Crippen molar-refractivity contribution in [1.82, 2.24) is 4.98 Å². The molecular weight excluding hydrogens is 264 g/mol. The van der Waals surface area contributed by atoms with Crippen LogP contribution in [0.3, 0.4) is 0 Å². The van der Waals surface area contributed by atoms with Crippen molar-refractivity contribution in [2.45, 2.75) is 0 Å². The zero-order valence-electron chi connectivity index (χ0n) is 9.38. The highest BCUT2D eigenvalue weighted by Gasteiger charge is 1.96. The molecule has 0 spiro atoms. The summed E-state index contributed by atoms with van der Waals surface area (Å²) in [5.74, 6) is 0. The number of fused-ring (bicyclic) bond motifs is 1. The van der Waals surface area contributed by atoms with Crippen molar-refractivity contribution in [1.29, 1.82) is 0 Å². The number of pyridine rings is 1. The third-order valence-electron chi connectivity index (χ3n) is 2.52. The van der Waals surface area contributed by atoms with Crippen LogP contribution in [0.5, 0.6) is 0 Å². The normalized spacial score (nSPS) is 11.4. The molecule has 0 aliphatic carbocycles. The highest BCUT2D eigenvalue weighted by molar-refractivity contribution is 7.17. The Morgan fingerprint density at radius 2 is 2.11 bits per heavy atom. The van der Waals surface area contributed by atoms with Gasteiger partial charge in [-0.1, -0.05) is 17.7 Å². The summed E-state index contributed by atoms with van der Waals surface area (Å²) in [6.07, 6.45) is 3.62. The summed E-state index contributed by atoms with van der Waals surface area (Å²) in [5.41, 5.74) is 1.90. The molecule has 2 nitrogen and oxygen atoms in total. The molecule has 0 radical (unpaired) electrons. The van der Waals surface area contributed by atoms with Gasteiger partial charge in [0, 0.05) is 22.7 Å². The van der Waals surface area contributed by atoms with Crippen molar-refractivity contribution in [3.8, 4) is 0 Å². The molecule has 0 fully saturated rings. The average molecular weight is 273 g/mol. The van der Waals surface area contributed by atoms with E-state index in [1.807, 2.05) is 48.7 Å². The van der Waals surface area contributed by atoms with Crippen LogP contribution in [-0.2, 0) is 0 Å². The van der Waals surface area contributed by atoms with Crippen LogP contribution in [0.25, 0.3) is 10.9 Å². The second-order valence-electron chi connectivity index (χ2n) is 3.78. The van der Waals surface area contributed by atoms with Gasteiger partial charge in [0.05, 0.1) is 15.5 Å². The molecule has 0 aliphatic heterocycles. The van der Waals surface area contributed by atoms with Crippen molar-refractivity contribution in [3.05, 3.63) is 57.9 Å². The topological polar surface area (TPSA) is 25.2 Å². The van der Waals surface area contributed by atoms with E-state index in [0.717, 1.165) is 25.8 Å². The molecule has 18 heavy (non-hydrogen) atoms. The van der Waals surface area contributed by atoms with Crippen molar-refractivity contribution >= 4 is 45.7 Å². The SMILES string of the molecule is Clc1ccc(C=Nc2ccc3ncccc3c2)s1. The highest BCUT2D eigenvalue weighted by Crippen LogP contribution is 2.22. The minimum absolute atomic E-state index is 0.777. The van der Waals surface area contributed by atoms with Gasteiger partial charge in [0.25, 0.3) is 0 Å². The van der Waals surface area contributed by atoms with E-state index < -0.39 is 0 Å². The molecule has 88 valence electrons. The third-order valence-corrected chi connectivity index (χ3v) is 3.69. The largest absolute Gasteiger partial charge is 0.256 e.